The third kappa shape index (κ3) is 5.66. The molecule has 3 aromatic carbocycles. The van der Waals surface area contributed by atoms with Crippen molar-refractivity contribution in [1.82, 2.24) is 9.97 Å². The molecule has 0 N–H and O–H groups in total. The Balaban J connectivity index is 1.43. The monoisotopic (exact) mass is 454 g/mol. The maximum Gasteiger partial charge on any atom is 0.339 e. The lowest BCUT2D eigenvalue weighted by molar-refractivity contribution is -0.153. The van der Waals surface area contributed by atoms with Crippen LogP contribution in [0.1, 0.15) is 17.2 Å². The number of fused-ring (bicyclic) bond motifs is 1. The number of para-hydroxylation sites is 1. The van der Waals surface area contributed by atoms with Crippen LogP contribution < -0.4 is 4.74 Å². The molecule has 1 atom stereocenters. The van der Waals surface area contributed by atoms with Crippen molar-refractivity contribution in [3.8, 4) is 17.3 Å². The van der Waals surface area contributed by atoms with Crippen LogP contribution in [-0.4, -0.2) is 36.3 Å². The van der Waals surface area contributed by atoms with E-state index in [0.29, 0.717) is 18.3 Å². The summed E-state index contributed by atoms with van der Waals surface area (Å²) in [4.78, 5) is 21.5. The summed E-state index contributed by atoms with van der Waals surface area (Å²) >= 11 is 0. The van der Waals surface area contributed by atoms with Gasteiger partial charge in [-0.15, -0.1) is 0 Å². The zero-order chi connectivity index (χ0) is 23.8. The number of hydrogen-bond donors (Lipinski definition) is 0. The number of methoxy groups -OCH3 is 1. The van der Waals surface area contributed by atoms with Crippen molar-refractivity contribution in [2.45, 2.75) is 13.0 Å². The number of esters is 1. The van der Waals surface area contributed by atoms with Crippen LogP contribution in [0.3, 0.4) is 0 Å². The van der Waals surface area contributed by atoms with Crippen molar-refractivity contribution in [1.29, 1.82) is 0 Å². The Morgan fingerprint density at radius 2 is 1.59 bits per heavy atom. The van der Waals surface area contributed by atoms with Gasteiger partial charge in [-0.3, -0.25) is 0 Å². The van der Waals surface area contributed by atoms with E-state index < -0.39 is 12.1 Å². The summed E-state index contributed by atoms with van der Waals surface area (Å²) in [6.07, 6.45) is 2.87. The molecule has 0 saturated carbocycles. The molecule has 0 saturated heterocycles. The zero-order valence-corrected chi connectivity index (χ0v) is 19.2. The van der Waals surface area contributed by atoms with Gasteiger partial charge in [-0.05, 0) is 30.7 Å². The van der Waals surface area contributed by atoms with Crippen LogP contribution in [0.5, 0.6) is 5.88 Å². The molecular weight excluding hydrogens is 428 g/mol. The molecule has 0 spiro atoms. The summed E-state index contributed by atoms with van der Waals surface area (Å²) in [5.74, 6) is 0.695. The minimum absolute atomic E-state index is 0.233. The average Bonchev–Trinajstić information content (AvgIpc) is 2.88. The fourth-order valence-electron chi connectivity index (χ4n) is 3.44. The number of benzene rings is 3. The van der Waals surface area contributed by atoms with Crippen LogP contribution in [0.15, 0.2) is 91.0 Å². The van der Waals surface area contributed by atoms with Crippen LogP contribution >= 0.6 is 0 Å². The molecule has 4 rings (SSSR count). The fraction of sp³-hybridized carbons (Fsp3) is 0.179. The Labute approximate surface area is 198 Å². The predicted molar refractivity (Wildman–Crippen MR) is 131 cm³/mol. The number of carbonyl (C=O) groups excluding carboxylic acids is 1. The lowest BCUT2D eigenvalue weighted by Crippen LogP contribution is -2.17. The highest BCUT2D eigenvalue weighted by atomic mass is 16.6. The number of nitrogens with zero attached hydrogens (tertiary/aromatic N) is 2. The molecule has 0 radical (unpaired) electrons. The molecule has 0 aliphatic rings. The Bertz CT molecular complexity index is 1270. The number of ether oxygens (including phenoxy) is 3. The number of hydrogen-bond acceptors (Lipinski definition) is 6. The summed E-state index contributed by atoms with van der Waals surface area (Å²) < 4.78 is 16.6. The van der Waals surface area contributed by atoms with Crippen molar-refractivity contribution in [3.63, 3.8) is 0 Å². The number of rotatable bonds is 9. The van der Waals surface area contributed by atoms with E-state index in [1.54, 1.807) is 0 Å². The highest BCUT2D eigenvalue weighted by molar-refractivity contribution is 5.85. The van der Waals surface area contributed by atoms with Crippen molar-refractivity contribution >= 4 is 16.9 Å². The van der Waals surface area contributed by atoms with E-state index in [4.69, 9.17) is 19.2 Å². The van der Waals surface area contributed by atoms with Gasteiger partial charge >= 0.3 is 5.97 Å². The lowest BCUT2D eigenvalue weighted by atomic mass is 10.1. The molecular formula is C28H26N2O4. The second-order valence-corrected chi connectivity index (χ2v) is 7.67. The topological polar surface area (TPSA) is 70.5 Å². The largest absolute Gasteiger partial charge is 0.473 e. The van der Waals surface area contributed by atoms with E-state index in [2.05, 4.69) is 4.98 Å². The standard InChI is InChI=1S/C28H26N2O4/c1-20-14-16-22(17-15-20)26-29-24-13-7-6-12-23(24)27(30-26)34-19-9-8-18-33-25(28(31)32-2)21-10-4-3-5-11-21/h3-17,25H,18-19H2,1-2H3/b9-8+. The molecule has 1 heterocycles. The Morgan fingerprint density at radius 3 is 2.35 bits per heavy atom. The summed E-state index contributed by atoms with van der Waals surface area (Å²) in [6.45, 7) is 2.58. The molecule has 1 aromatic heterocycles. The smallest absolute Gasteiger partial charge is 0.339 e. The first-order chi connectivity index (χ1) is 16.7. The van der Waals surface area contributed by atoms with Gasteiger partial charge in [0, 0.05) is 5.56 Å². The summed E-state index contributed by atoms with van der Waals surface area (Å²) in [6, 6.07) is 25.1. The molecule has 0 aliphatic heterocycles. The van der Waals surface area contributed by atoms with Crippen LogP contribution in [0.25, 0.3) is 22.3 Å². The maximum absolute atomic E-state index is 12.1. The molecule has 34 heavy (non-hydrogen) atoms. The molecule has 6 nitrogen and oxygen atoms in total. The van der Waals surface area contributed by atoms with E-state index in [9.17, 15) is 4.79 Å². The zero-order valence-electron chi connectivity index (χ0n) is 19.2. The Hall–Kier alpha value is -4.03. The quantitative estimate of drug-likeness (QED) is 0.247. The molecule has 6 heteroatoms. The fourth-order valence-corrected chi connectivity index (χ4v) is 3.44. The normalized spacial score (nSPS) is 12.1. The maximum atomic E-state index is 12.1. The molecule has 0 bridgehead atoms. The van der Waals surface area contributed by atoms with E-state index in [1.165, 1.54) is 12.7 Å². The van der Waals surface area contributed by atoms with E-state index in [-0.39, 0.29) is 6.61 Å². The second-order valence-electron chi connectivity index (χ2n) is 7.67. The van der Waals surface area contributed by atoms with Gasteiger partial charge < -0.3 is 14.2 Å². The van der Waals surface area contributed by atoms with Gasteiger partial charge in [0.15, 0.2) is 11.9 Å². The minimum Gasteiger partial charge on any atom is -0.473 e. The third-order valence-electron chi connectivity index (χ3n) is 5.24. The predicted octanol–water partition coefficient (Wildman–Crippen LogP) is 5.47. The van der Waals surface area contributed by atoms with E-state index in [0.717, 1.165) is 22.0 Å². The number of aryl methyl sites for hydroxylation is 1. The van der Waals surface area contributed by atoms with Gasteiger partial charge in [-0.2, -0.15) is 4.98 Å². The van der Waals surface area contributed by atoms with Crippen molar-refractivity contribution in [3.05, 3.63) is 102 Å². The second kappa shape index (κ2) is 11.2. The molecule has 0 aliphatic carbocycles. The highest BCUT2D eigenvalue weighted by Crippen LogP contribution is 2.26. The molecule has 0 amide bonds. The first-order valence-electron chi connectivity index (χ1n) is 11.0. The molecule has 4 aromatic rings. The summed E-state index contributed by atoms with van der Waals surface area (Å²) in [5, 5.41) is 0.845. The van der Waals surface area contributed by atoms with Gasteiger partial charge in [0.05, 0.1) is 24.6 Å². The van der Waals surface area contributed by atoms with Gasteiger partial charge in [-0.1, -0.05) is 78.4 Å². The highest BCUT2D eigenvalue weighted by Gasteiger charge is 2.21. The third-order valence-corrected chi connectivity index (χ3v) is 5.24. The van der Waals surface area contributed by atoms with Gasteiger partial charge in [0.25, 0.3) is 0 Å². The average molecular weight is 455 g/mol. The van der Waals surface area contributed by atoms with E-state index in [1.807, 2.05) is 97.9 Å². The SMILES string of the molecule is COC(=O)C(OC/C=C/COc1nc(-c2ccc(C)cc2)nc2ccccc12)c1ccccc1. The first kappa shape index (κ1) is 23.1. The van der Waals surface area contributed by atoms with Crippen LogP contribution in [-0.2, 0) is 14.3 Å². The van der Waals surface area contributed by atoms with Gasteiger partial charge in [0.1, 0.15) is 6.61 Å². The minimum atomic E-state index is -0.778. The summed E-state index contributed by atoms with van der Waals surface area (Å²) in [7, 11) is 1.35. The molecule has 172 valence electrons. The van der Waals surface area contributed by atoms with Crippen molar-refractivity contribution in [2.75, 3.05) is 20.3 Å². The Morgan fingerprint density at radius 1 is 0.882 bits per heavy atom. The Kier molecular flexibility index (Phi) is 7.63. The summed E-state index contributed by atoms with van der Waals surface area (Å²) in [5.41, 5.74) is 3.67. The molecule has 0 fully saturated rings. The van der Waals surface area contributed by atoms with Crippen LogP contribution in [0, 0.1) is 6.92 Å². The number of carbonyl (C=O) groups is 1. The van der Waals surface area contributed by atoms with Crippen LogP contribution in [0.4, 0.5) is 0 Å². The van der Waals surface area contributed by atoms with Crippen LogP contribution in [0.2, 0.25) is 0 Å². The van der Waals surface area contributed by atoms with Crippen molar-refractivity contribution in [2.24, 2.45) is 0 Å². The first-order valence-corrected chi connectivity index (χ1v) is 11.0. The molecule has 1 unspecified atom stereocenters. The van der Waals surface area contributed by atoms with Gasteiger partial charge in [0.2, 0.25) is 5.88 Å². The van der Waals surface area contributed by atoms with E-state index >= 15 is 0 Å². The number of aromatic nitrogens is 2. The van der Waals surface area contributed by atoms with Gasteiger partial charge in [-0.25, -0.2) is 9.78 Å². The lowest BCUT2D eigenvalue weighted by Gasteiger charge is -2.14. The van der Waals surface area contributed by atoms with Crippen molar-refractivity contribution < 1.29 is 19.0 Å².